The molecule has 1 heterocycles. The number of carbonyl (C=O) groups excluding carboxylic acids is 1. The molecule has 130 valence electrons. The predicted molar refractivity (Wildman–Crippen MR) is 107 cm³/mol. The molecule has 0 spiro atoms. The Morgan fingerprint density at radius 1 is 1.19 bits per heavy atom. The molecule has 7 heteroatoms. The molecule has 26 heavy (non-hydrogen) atoms. The van der Waals surface area contributed by atoms with E-state index >= 15 is 0 Å². The van der Waals surface area contributed by atoms with Crippen LogP contribution in [0.5, 0.6) is 0 Å². The van der Waals surface area contributed by atoms with Crippen molar-refractivity contribution in [2.45, 2.75) is 11.1 Å². The van der Waals surface area contributed by atoms with Crippen molar-refractivity contribution in [1.29, 1.82) is 5.26 Å². The number of benzene rings is 2. The van der Waals surface area contributed by atoms with E-state index in [0.717, 1.165) is 21.3 Å². The highest BCUT2D eigenvalue weighted by Gasteiger charge is 2.15. The molecule has 0 saturated carbocycles. The first kappa shape index (κ1) is 18.0. The molecule has 0 unspecified atom stereocenters. The van der Waals surface area contributed by atoms with E-state index in [1.807, 2.05) is 55.5 Å². The number of thioether (sulfide) groups is 1. The van der Waals surface area contributed by atoms with Crippen LogP contribution in [0.1, 0.15) is 16.1 Å². The Bertz CT molecular complexity index is 948. The molecule has 1 amide bonds. The van der Waals surface area contributed by atoms with Crippen molar-refractivity contribution >= 4 is 45.5 Å². The lowest BCUT2D eigenvalue weighted by Crippen LogP contribution is -2.13. The van der Waals surface area contributed by atoms with Gasteiger partial charge in [-0.25, -0.2) is 4.98 Å². The second kappa shape index (κ2) is 8.52. The molecule has 0 aliphatic heterocycles. The summed E-state index contributed by atoms with van der Waals surface area (Å²) < 4.78 is 0.942. The molecule has 0 fully saturated rings. The SMILES string of the molecule is Cc1nc(NC(=O)c2ccccc2Nc2ccccc2)sc1SCC#N. The van der Waals surface area contributed by atoms with Crippen LogP contribution in [0.4, 0.5) is 16.5 Å². The molecule has 2 N–H and O–H groups in total. The third-order valence-corrected chi connectivity index (χ3v) is 5.77. The average Bonchev–Trinajstić information content (AvgIpc) is 3.00. The van der Waals surface area contributed by atoms with Crippen LogP contribution < -0.4 is 10.6 Å². The molecular formula is C19H16N4OS2. The largest absolute Gasteiger partial charge is 0.355 e. The number of nitrogens with zero attached hydrogens (tertiary/aromatic N) is 2. The summed E-state index contributed by atoms with van der Waals surface area (Å²) in [4.78, 5) is 17.1. The first-order chi connectivity index (χ1) is 12.7. The van der Waals surface area contributed by atoms with Crippen LogP contribution in [-0.2, 0) is 0 Å². The number of nitrogens with one attached hydrogen (secondary N) is 2. The number of anilines is 3. The number of hydrogen-bond donors (Lipinski definition) is 2. The van der Waals surface area contributed by atoms with E-state index in [2.05, 4.69) is 21.7 Å². The third-order valence-electron chi connectivity index (χ3n) is 3.47. The minimum atomic E-state index is -0.227. The van der Waals surface area contributed by atoms with E-state index in [-0.39, 0.29) is 5.91 Å². The summed E-state index contributed by atoms with van der Waals surface area (Å²) in [5, 5.41) is 15.4. The van der Waals surface area contributed by atoms with Crippen molar-refractivity contribution in [3.8, 4) is 6.07 Å². The van der Waals surface area contributed by atoms with Gasteiger partial charge in [-0.1, -0.05) is 53.4 Å². The summed E-state index contributed by atoms with van der Waals surface area (Å²) in [5.74, 6) is 0.134. The quantitative estimate of drug-likeness (QED) is 0.584. The zero-order chi connectivity index (χ0) is 18.4. The van der Waals surface area contributed by atoms with Crippen LogP contribution in [0.3, 0.4) is 0 Å². The Labute approximate surface area is 160 Å². The highest BCUT2D eigenvalue weighted by atomic mass is 32.2. The van der Waals surface area contributed by atoms with E-state index in [1.165, 1.54) is 23.1 Å². The van der Waals surface area contributed by atoms with Gasteiger partial charge in [-0.05, 0) is 31.2 Å². The molecule has 2 aromatic carbocycles. The number of para-hydroxylation sites is 2. The fourth-order valence-electron chi connectivity index (χ4n) is 2.30. The molecule has 0 aliphatic rings. The van der Waals surface area contributed by atoms with Gasteiger partial charge in [-0.2, -0.15) is 5.26 Å². The average molecular weight is 380 g/mol. The van der Waals surface area contributed by atoms with Crippen LogP contribution in [0.25, 0.3) is 0 Å². The lowest BCUT2D eigenvalue weighted by atomic mass is 10.1. The molecule has 0 aliphatic carbocycles. The van der Waals surface area contributed by atoms with Gasteiger partial charge in [0.2, 0.25) is 0 Å². The Kier molecular flexibility index (Phi) is 5.89. The van der Waals surface area contributed by atoms with Gasteiger partial charge < -0.3 is 5.32 Å². The molecule has 0 atom stereocenters. The van der Waals surface area contributed by atoms with Crippen LogP contribution in [0, 0.1) is 18.3 Å². The summed E-state index contributed by atoms with van der Waals surface area (Å²) in [7, 11) is 0. The van der Waals surface area contributed by atoms with Crippen molar-refractivity contribution in [2.75, 3.05) is 16.4 Å². The number of aryl methyl sites for hydroxylation is 1. The first-order valence-electron chi connectivity index (χ1n) is 7.87. The molecule has 1 aromatic heterocycles. The topological polar surface area (TPSA) is 77.8 Å². The van der Waals surface area contributed by atoms with Gasteiger partial charge in [0.25, 0.3) is 5.91 Å². The van der Waals surface area contributed by atoms with E-state index < -0.39 is 0 Å². The highest BCUT2D eigenvalue weighted by Crippen LogP contribution is 2.32. The number of amides is 1. The van der Waals surface area contributed by atoms with Gasteiger partial charge in [-0.15, -0.1) is 0 Å². The lowest BCUT2D eigenvalue weighted by Gasteiger charge is -2.11. The van der Waals surface area contributed by atoms with Gasteiger partial charge in [0.15, 0.2) is 5.13 Å². The van der Waals surface area contributed by atoms with Gasteiger partial charge in [0, 0.05) is 5.69 Å². The predicted octanol–water partition coefficient (Wildman–Crippen LogP) is 5.06. The summed E-state index contributed by atoms with van der Waals surface area (Å²) in [6.45, 7) is 1.87. The van der Waals surface area contributed by atoms with Crippen LogP contribution >= 0.6 is 23.1 Å². The van der Waals surface area contributed by atoms with Gasteiger partial charge in [-0.3, -0.25) is 10.1 Å². The van der Waals surface area contributed by atoms with Crippen LogP contribution in [-0.4, -0.2) is 16.6 Å². The number of carbonyl (C=O) groups is 1. The first-order valence-corrected chi connectivity index (χ1v) is 9.67. The van der Waals surface area contributed by atoms with Crippen molar-refractivity contribution in [3.05, 3.63) is 65.9 Å². The monoisotopic (exact) mass is 380 g/mol. The fraction of sp³-hybridized carbons (Fsp3) is 0.105. The van der Waals surface area contributed by atoms with E-state index in [9.17, 15) is 4.79 Å². The highest BCUT2D eigenvalue weighted by molar-refractivity contribution is 8.01. The zero-order valence-electron chi connectivity index (χ0n) is 14.0. The molecule has 0 bridgehead atoms. The maximum Gasteiger partial charge on any atom is 0.259 e. The normalized spacial score (nSPS) is 10.2. The van der Waals surface area contributed by atoms with Crippen LogP contribution in [0.15, 0.2) is 58.8 Å². The van der Waals surface area contributed by atoms with Gasteiger partial charge >= 0.3 is 0 Å². The van der Waals surface area contributed by atoms with Gasteiger partial charge in [0.1, 0.15) is 0 Å². The standard InChI is InChI=1S/C19H16N4OS2/c1-13-18(25-12-11-20)26-19(21-13)23-17(24)15-9-5-6-10-16(15)22-14-7-3-2-4-8-14/h2-10,22H,12H2,1H3,(H,21,23,24). The summed E-state index contributed by atoms with van der Waals surface area (Å²) in [6, 6.07) is 19.1. The number of rotatable bonds is 6. The van der Waals surface area contributed by atoms with Crippen molar-refractivity contribution in [1.82, 2.24) is 4.98 Å². The molecule has 3 aromatic rings. The third kappa shape index (κ3) is 4.42. The second-order valence-corrected chi connectivity index (χ2v) is 7.57. The minimum Gasteiger partial charge on any atom is -0.355 e. The molecule has 0 saturated heterocycles. The smallest absolute Gasteiger partial charge is 0.259 e. The molecule has 0 radical (unpaired) electrons. The maximum atomic E-state index is 12.7. The summed E-state index contributed by atoms with van der Waals surface area (Å²) in [5.41, 5.74) is 2.99. The molecule has 5 nitrogen and oxygen atoms in total. The minimum absolute atomic E-state index is 0.227. The number of thiazole rings is 1. The van der Waals surface area contributed by atoms with Crippen molar-refractivity contribution in [3.63, 3.8) is 0 Å². The number of aromatic nitrogens is 1. The number of nitriles is 1. The fourth-order valence-corrected chi connectivity index (χ4v) is 4.09. The molecular weight excluding hydrogens is 364 g/mol. The van der Waals surface area contributed by atoms with Crippen molar-refractivity contribution < 1.29 is 4.79 Å². The Morgan fingerprint density at radius 3 is 2.69 bits per heavy atom. The van der Waals surface area contributed by atoms with Crippen LogP contribution in [0.2, 0.25) is 0 Å². The van der Waals surface area contributed by atoms with Gasteiger partial charge in [0.05, 0.1) is 33.0 Å². The Balaban J connectivity index is 1.77. The van der Waals surface area contributed by atoms with E-state index in [4.69, 9.17) is 5.26 Å². The second-order valence-electron chi connectivity index (χ2n) is 5.33. The van der Waals surface area contributed by atoms with E-state index in [1.54, 1.807) is 6.07 Å². The number of hydrogen-bond acceptors (Lipinski definition) is 6. The summed E-state index contributed by atoms with van der Waals surface area (Å²) in [6.07, 6.45) is 0. The summed E-state index contributed by atoms with van der Waals surface area (Å²) >= 11 is 2.81. The lowest BCUT2D eigenvalue weighted by molar-refractivity contribution is 0.102. The Hall–Kier alpha value is -2.82. The molecule has 3 rings (SSSR count). The van der Waals surface area contributed by atoms with Crippen molar-refractivity contribution in [2.24, 2.45) is 0 Å². The zero-order valence-corrected chi connectivity index (χ0v) is 15.7. The van der Waals surface area contributed by atoms with E-state index in [0.29, 0.717) is 16.4 Å². The Morgan fingerprint density at radius 2 is 1.92 bits per heavy atom. The maximum absolute atomic E-state index is 12.7.